The molecule has 5 heteroatoms. The van der Waals surface area contributed by atoms with Crippen molar-refractivity contribution in [2.24, 2.45) is 0 Å². The largest absolute Gasteiger partial charge is 0.420 e. The molecule has 3 heterocycles. The van der Waals surface area contributed by atoms with Gasteiger partial charge in [-0.15, -0.1) is 10.2 Å². The van der Waals surface area contributed by atoms with E-state index >= 15 is 0 Å². The van der Waals surface area contributed by atoms with Crippen LogP contribution in [0.5, 0.6) is 0 Å². The topological polar surface area (TPSA) is 55.1 Å². The molecule has 0 spiro atoms. The predicted octanol–water partition coefficient (Wildman–Crippen LogP) is 4.66. The van der Waals surface area contributed by atoms with E-state index in [1.165, 1.54) is 16.3 Å². The fraction of sp³-hybridized carbons (Fsp3) is 0.261. The number of aromatic nitrogens is 3. The number of likely N-dealkylation sites (tertiary alicyclic amines) is 1. The van der Waals surface area contributed by atoms with Crippen LogP contribution in [0.15, 0.2) is 71.4 Å². The molecule has 5 rings (SSSR count). The number of hydrogen-bond donors (Lipinski definition) is 0. The second-order valence-electron chi connectivity index (χ2n) is 7.37. The van der Waals surface area contributed by atoms with Gasteiger partial charge in [0.05, 0.1) is 0 Å². The minimum atomic E-state index is 0.340. The van der Waals surface area contributed by atoms with Crippen LogP contribution in [0, 0.1) is 0 Å². The summed E-state index contributed by atoms with van der Waals surface area (Å²) >= 11 is 0. The van der Waals surface area contributed by atoms with E-state index in [1.807, 2.05) is 12.1 Å². The van der Waals surface area contributed by atoms with Crippen LogP contribution in [-0.4, -0.2) is 33.2 Å². The smallest absolute Gasteiger partial charge is 0.247 e. The Morgan fingerprint density at radius 2 is 1.68 bits per heavy atom. The van der Waals surface area contributed by atoms with E-state index in [0.29, 0.717) is 11.8 Å². The van der Waals surface area contributed by atoms with Crippen molar-refractivity contribution in [3.05, 3.63) is 78.4 Å². The van der Waals surface area contributed by atoms with Gasteiger partial charge in [0.15, 0.2) is 0 Å². The molecule has 0 amide bonds. The van der Waals surface area contributed by atoms with Crippen molar-refractivity contribution in [1.29, 1.82) is 0 Å². The molecule has 4 aromatic rings. The second kappa shape index (κ2) is 7.52. The highest BCUT2D eigenvalue weighted by molar-refractivity contribution is 5.85. The summed E-state index contributed by atoms with van der Waals surface area (Å²) in [6.07, 6.45) is 5.57. The van der Waals surface area contributed by atoms with Crippen LogP contribution < -0.4 is 0 Å². The van der Waals surface area contributed by atoms with Gasteiger partial charge in [-0.2, -0.15) is 0 Å². The summed E-state index contributed by atoms with van der Waals surface area (Å²) in [5.41, 5.74) is 2.32. The third-order valence-electron chi connectivity index (χ3n) is 5.58. The van der Waals surface area contributed by atoms with E-state index in [2.05, 4.69) is 62.5 Å². The van der Waals surface area contributed by atoms with Crippen LogP contribution in [0.4, 0.5) is 0 Å². The van der Waals surface area contributed by atoms with Crippen LogP contribution in [0.2, 0.25) is 0 Å². The van der Waals surface area contributed by atoms with Gasteiger partial charge in [-0.25, -0.2) is 0 Å². The molecule has 0 radical (unpaired) electrons. The minimum absolute atomic E-state index is 0.340. The molecule has 0 saturated carbocycles. The molecule has 1 saturated heterocycles. The molecule has 2 aromatic heterocycles. The van der Waals surface area contributed by atoms with Crippen molar-refractivity contribution in [2.45, 2.75) is 25.3 Å². The van der Waals surface area contributed by atoms with Gasteiger partial charge in [-0.05, 0) is 54.4 Å². The molecule has 0 N–H and O–H groups in total. The molecule has 1 aliphatic heterocycles. The van der Waals surface area contributed by atoms with E-state index < -0.39 is 0 Å². The highest BCUT2D eigenvalue weighted by atomic mass is 16.4. The fourth-order valence-corrected chi connectivity index (χ4v) is 4.02. The van der Waals surface area contributed by atoms with Gasteiger partial charge in [0.2, 0.25) is 11.8 Å². The van der Waals surface area contributed by atoms with Crippen molar-refractivity contribution in [3.63, 3.8) is 0 Å². The lowest BCUT2D eigenvalue weighted by atomic mass is 9.96. The third kappa shape index (κ3) is 3.41. The molecule has 1 aliphatic rings. The maximum absolute atomic E-state index is 5.95. The Morgan fingerprint density at radius 3 is 2.54 bits per heavy atom. The Bertz CT molecular complexity index is 1060. The first kappa shape index (κ1) is 17.1. The average Bonchev–Trinajstić information content (AvgIpc) is 3.26. The molecule has 5 nitrogen and oxygen atoms in total. The Hall–Kier alpha value is -3.05. The lowest BCUT2D eigenvalue weighted by Gasteiger charge is -2.30. The van der Waals surface area contributed by atoms with Crippen molar-refractivity contribution >= 4 is 10.8 Å². The monoisotopic (exact) mass is 370 g/mol. The van der Waals surface area contributed by atoms with E-state index in [9.17, 15) is 0 Å². The Morgan fingerprint density at radius 1 is 0.893 bits per heavy atom. The molecule has 0 unspecified atom stereocenters. The van der Waals surface area contributed by atoms with Crippen molar-refractivity contribution < 1.29 is 4.42 Å². The first-order chi connectivity index (χ1) is 13.9. The predicted molar refractivity (Wildman–Crippen MR) is 109 cm³/mol. The quantitative estimate of drug-likeness (QED) is 0.523. The number of benzene rings is 2. The van der Waals surface area contributed by atoms with Gasteiger partial charge < -0.3 is 4.42 Å². The van der Waals surface area contributed by atoms with Gasteiger partial charge in [0.25, 0.3) is 0 Å². The number of hydrogen-bond acceptors (Lipinski definition) is 5. The highest BCUT2D eigenvalue weighted by Crippen LogP contribution is 2.30. The fourth-order valence-electron chi connectivity index (χ4n) is 4.02. The molecule has 0 bridgehead atoms. The van der Waals surface area contributed by atoms with Crippen LogP contribution in [-0.2, 0) is 6.54 Å². The minimum Gasteiger partial charge on any atom is -0.420 e. The van der Waals surface area contributed by atoms with Crippen molar-refractivity contribution in [3.8, 4) is 11.5 Å². The van der Waals surface area contributed by atoms with Crippen LogP contribution in [0.3, 0.4) is 0 Å². The highest BCUT2D eigenvalue weighted by Gasteiger charge is 2.25. The van der Waals surface area contributed by atoms with E-state index in [4.69, 9.17) is 4.42 Å². The summed E-state index contributed by atoms with van der Waals surface area (Å²) < 4.78 is 5.95. The SMILES string of the molecule is c1ccc2c(CN3CCC(c4nnc(-c5ccncc5)o4)CC3)cccc2c1. The van der Waals surface area contributed by atoms with E-state index in [1.54, 1.807) is 12.4 Å². The molecule has 2 aromatic carbocycles. The number of rotatable bonds is 4. The molecule has 1 fully saturated rings. The maximum atomic E-state index is 5.95. The zero-order chi connectivity index (χ0) is 18.8. The standard InChI is InChI=1S/C23H22N4O/c1-2-7-21-17(4-1)5-3-6-20(21)16-27-14-10-19(11-15-27)23-26-25-22(28-23)18-8-12-24-13-9-18/h1-9,12-13,19H,10-11,14-16H2. The van der Waals surface area contributed by atoms with E-state index in [-0.39, 0.29) is 0 Å². The van der Waals surface area contributed by atoms with Gasteiger partial charge in [-0.3, -0.25) is 9.88 Å². The zero-order valence-electron chi connectivity index (χ0n) is 15.7. The summed E-state index contributed by atoms with van der Waals surface area (Å²) in [6, 6.07) is 19.0. The Balaban J connectivity index is 1.25. The first-order valence-corrected chi connectivity index (χ1v) is 9.79. The zero-order valence-corrected chi connectivity index (χ0v) is 15.7. The second-order valence-corrected chi connectivity index (χ2v) is 7.37. The van der Waals surface area contributed by atoms with Crippen molar-refractivity contribution in [2.75, 3.05) is 13.1 Å². The van der Waals surface area contributed by atoms with Crippen molar-refractivity contribution in [1.82, 2.24) is 20.1 Å². The summed E-state index contributed by atoms with van der Waals surface area (Å²) in [5.74, 6) is 1.68. The third-order valence-corrected chi connectivity index (χ3v) is 5.58. The van der Waals surface area contributed by atoms with Crippen LogP contribution in [0.1, 0.15) is 30.2 Å². The maximum Gasteiger partial charge on any atom is 0.247 e. The molecule has 140 valence electrons. The number of nitrogens with zero attached hydrogens (tertiary/aromatic N) is 4. The van der Waals surface area contributed by atoms with Gasteiger partial charge >= 0.3 is 0 Å². The molecular formula is C23H22N4O. The summed E-state index contributed by atoms with van der Waals surface area (Å²) in [7, 11) is 0. The summed E-state index contributed by atoms with van der Waals surface area (Å²) in [5, 5.41) is 11.2. The van der Waals surface area contributed by atoms with Gasteiger partial charge in [0.1, 0.15) is 0 Å². The first-order valence-electron chi connectivity index (χ1n) is 9.79. The Labute approximate surface area is 164 Å². The summed E-state index contributed by atoms with van der Waals surface area (Å²) in [6.45, 7) is 3.07. The normalized spacial score (nSPS) is 15.9. The summed E-state index contributed by atoms with van der Waals surface area (Å²) in [4.78, 5) is 6.56. The number of fused-ring (bicyclic) bond motifs is 1. The number of pyridine rings is 1. The average molecular weight is 370 g/mol. The molecular weight excluding hydrogens is 348 g/mol. The Kier molecular flexibility index (Phi) is 4.59. The van der Waals surface area contributed by atoms with Gasteiger partial charge in [0, 0.05) is 30.4 Å². The van der Waals surface area contributed by atoms with Crippen LogP contribution >= 0.6 is 0 Å². The van der Waals surface area contributed by atoms with E-state index in [0.717, 1.165) is 43.9 Å². The lowest BCUT2D eigenvalue weighted by Crippen LogP contribution is -2.32. The lowest BCUT2D eigenvalue weighted by molar-refractivity contribution is 0.194. The molecule has 0 atom stereocenters. The number of piperidine rings is 1. The molecule has 28 heavy (non-hydrogen) atoms. The van der Waals surface area contributed by atoms with Crippen LogP contribution in [0.25, 0.3) is 22.2 Å². The molecule has 0 aliphatic carbocycles. The van der Waals surface area contributed by atoms with Gasteiger partial charge in [-0.1, -0.05) is 42.5 Å².